The molecule has 29 heavy (non-hydrogen) atoms. The van der Waals surface area contributed by atoms with Gasteiger partial charge in [-0.3, -0.25) is 4.79 Å². The predicted molar refractivity (Wildman–Crippen MR) is 122 cm³/mol. The van der Waals surface area contributed by atoms with Gasteiger partial charge in [0.15, 0.2) is 6.61 Å². The first kappa shape index (κ1) is 21.1. The van der Waals surface area contributed by atoms with Crippen molar-refractivity contribution in [3.63, 3.8) is 0 Å². The second kappa shape index (κ2) is 10.8. The molecule has 0 aliphatic carbocycles. The van der Waals surface area contributed by atoms with Crippen LogP contribution in [0.3, 0.4) is 0 Å². The minimum absolute atomic E-state index is 0.0997. The van der Waals surface area contributed by atoms with E-state index >= 15 is 0 Å². The summed E-state index contributed by atoms with van der Waals surface area (Å²) < 4.78 is 6.56. The molecule has 0 saturated heterocycles. The SMILES string of the molecule is CCCCC/C(=N\NC(=O)COc1ccc2ccccc2c1Br)c1ccccc1. The van der Waals surface area contributed by atoms with Crippen molar-refractivity contribution in [3.05, 3.63) is 76.8 Å². The first-order valence-electron chi connectivity index (χ1n) is 9.90. The molecule has 0 heterocycles. The molecule has 0 radical (unpaired) electrons. The maximum absolute atomic E-state index is 12.3. The van der Waals surface area contributed by atoms with Gasteiger partial charge in [-0.05, 0) is 51.2 Å². The lowest BCUT2D eigenvalue weighted by Crippen LogP contribution is -2.26. The van der Waals surface area contributed by atoms with Crippen LogP contribution < -0.4 is 10.2 Å². The molecule has 0 aliphatic heterocycles. The van der Waals surface area contributed by atoms with Gasteiger partial charge in [0.05, 0.1) is 10.2 Å². The smallest absolute Gasteiger partial charge is 0.277 e. The van der Waals surface area contributed by atoms with Gasteiger partial charge in [-0.25, -0.2) is 5.43 Å². The van der Waals surface area contributed by atoms with Crippen molar-refractivity contribution in [2.45, 2.75) is 32.6 Å². The fourth-order valence-corrected chi connectivity index (χ4v) is 3.68. The first-order valence-corrected chi connectivity index (χ1v) is 10.7. The van der Waals surface area contributed by atoms with E-state index < -0.39 is 0 Å². The summed E-state index contributed by atoms with van der Waals surface area (Å²) in [5, 5.41) is 6.53. The molecule has 0 saturated carbocycles. The van der Waals surface area contributed by atoms with E-state index in [0.717, 1.165) is 52.2 Å². The fourth-order valence-electron chi connectivity index (χ4n) is 3.07. The van der Waals surface area contributed by atoms with Crippen molar-refractivity contribution in [1.82, 2.24) is 5.43 Å². The number of hydrogen-bond donors (Lipinski definition) is 1. The Hall–Kier alpha value is -2.66. The predicted octanol–water partition coefficient (Wildman–Crippen LogP) is 6.08. The van der Waals surface area contributed by atoms with E-state index in [2.05, 4.69) is 33.4 Å². The lowest BCUT2D eigenvalue weighted by atomic mass is 10.0. The van der Waals surface area contributed by atoms with Crippen LogP contribution in [0.1, 0.15) is 38.2 Å². The Morgan fingerprint density at radius 2 is 1.76 bits per heavy atom. The lowest BCUT2D eigenvalue weighted by molar-refractivity contribution is -0.123. The quantitative estimate of drug-likeness (QED) is 0.243. The molecule has 1 amide bonds. The van der Waals surface area contributed by atoms with Crippen LogP contribution in [-0.4, -0.2) is 18.2 Å². The van der Waals surface area contributed by atoms with Gasteiger partial charge >= 0.3 is 0 Å². The summed E-state index contributed by atoms with van der Waals surface area (Å²) in [5.74, 6) is 0.350. The Morgan fingerprint density at radius 1 is 1.00 bits per heavy atom. The van der Waals surface area contributed by atoms with Crippen molar-refractivity contribution < 1.29 is 9.53 Å². The summed E-state index contributed by atoms with van der Waals surface area (Å²) >= 11 is 3.58. The molecule has 3 aromatic rings. The highest BCUT2D eigenvalue weighted by molar-refractivity contribution is 9.10. The molecule has 0 bridgehead atoms. The normalized spacial score (nSPS) is 11.4. The molecule has 0 unspecified atom stereocenters. The van der Waals surface area contributed by atoms with Gasteiger partial charge in [-0.1, -0.05) is 80.4 Å². The first-order chi connectivity index (χ1) is 14.2. The largest absolute Gasteiger partial charge is 0.483 e. The molecule has 4 nitrogen and oxygen atoms in total. The number of hydrogen-bond acceptors (Lipinski definition) is 3. The monoisotopic (exact) mass is 452 g/mol. The Labute approximate surface area is 180 Å². The van der Waals surface area contributed by atoms with Crippen LogP contribution in [0.2, 0.25) is 0 Å². The summed E-state index contributed by atoms with van der Waals surface area (Å²) in [6, 6.07) is 21.8. The van der Waals surface area contributed by atoms with Gasteiger partial charge in [0.25, 0.3) is 5.91 Å². The average molecular weight is 453 g/mol. The van der Waals surface area contributed by atoms with Crippen LogP contribution in [0.4, 0.5) is 0 Å². The maximum Gasteiger partial charge on any atom is 0.277 e. The third-order valence-electron chi connectivity index (χ3n) is 4.63. The van der Waals surface area contributed by atoms with E-state index in [4.69, 9.17) is 4.74 Å². The number of fused-ring (bicyclic) bond motifs is 1. The summed E-state index contributed by atoms with van der Waals surface area (Å²) in [7, 11) is 0. The number of hydrazone groups is 1. The minimum Gasteiger partial charge on any atom is -0.483 e. The highest BCUT2D eigenvalue weighted by Crippen LogP contribution is 2.32. The number of amides is 1. The number of nitrogens with zero attached hydrogens (tertiary/aromatic N) is 1. The van der Waals surface area contributed by atoms with Gasteiger partial charge in [0, 0.05) is 0 Å². The van der Waals surface area contributed by atoms with E-state index in [9.17, 15) is 4.79 Å². The Kier molecular flexibility index (Phi) is 7.82. The van der Waals surface area contributed by atoms with Crippen LogP contribution in [0, 0.1) is 0 Å². The van der Waals surface area contributed by atoms with Crippen molar-refractivity contribution in [2.75, 3.05) is 6.61 Å². The summed E-state index contributed by atoms with van der Waals surface area (Å²) in [4.78, 5) is 12.3. The van der Waals surface area contributed by atoms with Gasteiger partial charge in [-0.2, -0.15) is 5.10 Å². The number of carbonyl (C=O) groups excluding carboxylic acids is 1. The molecular weight excluding hydrogens is 428 g/mol. The van der Waals surface area contributed by atoms with Crippen LogP contribution >= 0.6 is 15.9 Å². The van der Waals surface area contributed by atoms with E-state index in [-0.39, 0.29) is 12.5 Å². The van der Waals surface area contributed by atoms with Crippen LogP contribution in [0.15, 0.2) is 76.3 Å². The fraction of sp³-hybridized carbons (Fsp3) is 0.250. The van der Waals surface area contributed by atoms with Crippen LogP contribution in [0.5, 0.6) is 5.75 Å². The molecule has 150 valence electrons. The van der Waals surface area contributed by atoms with Crippen molar-refractivity contribution in [3.8, 4) is 5.75 Å². The van der Waals surface area contributed by atoms with Gasteiger partial charge in [0.1, 0.15) is 5.75 Å². The Morgan fingerprint density at radius 3 is 2.55 bits per heavy atom. The number of nitrogens with one attached hydrogen (secondary N) is 1. The van der Waals surface area contributed by atoms with E-state index in [1.165, 1.54) is 0 Å². The van der Waals surface area contributed by atoms with Gasteiger partial charge in [-0.15, -0.1) is 0 Å². The zero-order valence-corrected chi connectivity index (χ0v) is 18.1. The molecule has 3 aromatic carbocycles. The molecule has 5 heteroatoms. The second-order valence-electron chi connectivity index (χ2n) is 6.80. The summed E-state index contributed by atoms with van der Waals surface area (Å²) in [6.45, 7) is 2.07. The molecule has 0 aromatic heterocycles. The van der Waals surface area contributed by atoms with E-state index in [0.29, 0.717) is 5.75 Å². The number of rotatable bonds is 9. The minimum atomic E-state index is -0.283. The Bertz CT molecular complexity index is 987. The van der Waals surface area contributed by atoms with E-state index in [1.54, 1.807) is 0 Å². The third-order valence-corrected chi connectivity index (χ3v) is 5.44. The number of halogens is 1. The van der Waals surface area contributed by atoms with Gasteiger partial charge < -0.3 is 4.74 Å². The van der Waals surface area contributed by atoms with Crippen LogP contribution in [-0.2, 0) is 4.79 Å². The molecule has 1 N–H and O–H groups in total. The summed E-state index contributed by atoms with van der Waals surface area (Å²) in [6.07, 6.45) is 4.15. The molecule has 0 fully saturated rings. The van der Waals surface area contributed by atoms with Crippen LogP contribution in [0.25, 0.3) is 10.8 Å². The van der Waals surface area contributed by atoms with Crippen molar-refractivity contribution in [1.29, 1.82) is 0 Å². The number of benzene rings is 3. The lowest BCUT2D eigenvalue weighted by Gasteiger charge is -2.10. The van der Waals surface area contributed by atoms with E-state index in [1.807, 2.05) is 66.7 Å². The second-order valence-corrected chi connectivity index (χ2v) is 7.60. The standard InChI is InChI=1S/C24H25BrN2O2/c1-2-3-5-14-21(19-11-6-4-7-12-19)26-27-23(28)17-29-22-16-15-18-10-8-9-13-20(18)24(22)25/h4,6-13,15-16H,2-3,5,14,17H2,1H3,(H,27,28)/b26-21+. The highest BCUT2D eigenvalue weighted by atomic mass is 79.9. The number of ether oxygens (including phenoxy) is 1. The molecule has 0 aliphatic rings. The zero-order chi connectivity index (χ0) is 20.5. The molecule has 0 spiro atoms. The van der Waals surface area contributed by atoms with Crippen molar-refractivity contribution >= 4 is 38.3 Å². The molecule has 0 atom stereocenters. The molecular formula is C24H25BrN2O2. The van der Waals surface area contributed by atoms with Crippen molar-refractivity contribution in [2.24, 2.45) is 5.10 Å². The highest BCUT2D eigenvalue weighted by Gasteiger charge is 2.09. The molecule has 3 rings (SSSR count). The topological polar surface area (TPSA) is 50.7 Å². The average Bonchev–Trinajstić information content (AvgIpc) is 2.76. The zero-order valence-electron chi connectivity index (χ0n) is 16.5. The Balaban J connectivity index is 1.63. The third kappa shape index (κ3) is 5.91. The maximum atomic E-state index is 12.3. The number of carbonyl (C=O) groups is 1. The van der Waals surface area contributed by atoms with Gasteiger partial charge in [0.2, 0.25) is 0 Å². The number of unbranched alkanes of at least 4 members (excludes halogenated alkanes) is 2. The summed E-state index contributed by atoms with van der Waals surface area (Å²) in [5.41, 5.74) is 4.56.